The number of nitrogens with zero attached hydrogens (tertiary/aromatic N) is 2. The van der Waals surface area contributed by atoms with Gasteiger partial charge in [0.05, 0.1) is 5.56 Å². The third kappa shape index (κ3) is 2.67. The van der Waals surface area contributed by atoms with Crippen molar-refractivity contribution in [1.82, 2.24) is 10.1 Å². The number of sulfone groups is 1. The molecule has 0 aliphatic heterocycles. The van der Waals surface area contributed by atoms with Gasteiger partial charge in [-0.15, -0.1) is 0 Å². The average molecular weight is 267 g/mol. The second-order valence-corrected chi connectivity index (χ2v) is 6.27. The van der Waals surface area contributed by atoms with E-state index >= 15 is 0 Å². The summed E-state index contributed by atoms with van der Waals surface area (Å²) in [5.74, 6) is 0.127. The van der Waals surface area contributed by atoms with Crippen molar-refractivity contribution in [2.45, 2.75) is 12.7 Å². The summed E-state index contributed by atoms with van der Waals surface area (Å²) in [6.07, 6.45) is 1.12. The molecule has 6 nitrogen and oxygen atoms in total. The molecule has 7 heteroatoms. The van der Waals surface area contributed by atoms with E-state index in [0.717, 1.165) is 11.8 Å². The van der Waals surface area contributed by atoms with E-state index in [1.807, 2.05) is 19.1 Å². The van der Waals surface area contributed by atoms with Gasteiger partial charge in [0.15, 0.2) is 15.7 Å². The van der Waals surface area contributed by atoms with Gasteiger partial charge in [0.2, 0.25) is 0 Å². The van der Waals surface area contributed by atoms with Gasteiger partial charge in [-0.3, -0.25) is 0 Å². The van der Waals surface area contributed by atoms with E-state index in [1.165, 1.54) is 0 Å². The summed E-state index contributed by atoms with van der Waals surface area (Å²) >= 11 is 0. The highest BCUT2D eigenvalue weighted by Crippen LogP contribution is 2.27. The Kier molecular flexibility index (Phi) is 3.08. The first-order chi connectivity index (χ1) is 8.37. The summed E-state index contributed by atoms with van der Waals surface area (Å²) in [4.78, 5) is 4.05. The van der Waals surface area contributed by atoms with Crippen molar-refractivity contribution in [3.63, 3.8) is 0 Å². The summed E-state index contributed by atoms with van der Waals surface area (Å²) in [5, 5.41) is 3.64. The molecule has 1 aromatic carbocycles. The zero-order valence-electron chi connectivity index (χ0n) is 10.0. The van der Waals surface area contributed by atoms with Crippen LogP contribution in [-0.4, -0.2) is 24.8 Å². The third-order valence-corrected chi connectivity index (χ3v) is 3.16. The van der Waals surface area contributed by atoms with Crippen LogP contribution >= 0.6 is 0 Å². The lowest BCUT2D eigenvalue weighted by Gasteiger charge is -2.03. The molecule has 2 rings (SSSR count). The molecule has 0 saturated heterocycles. The number of aromatic nitrogens is 2. The number of hydrogen-bond donors (Lipinski definition) is 1. The molecule has 0 radical (unpaired) electrons. The highest BCUT2D eigenvalue weighted by molar-refractivity contribution is 7.89. The van der Waals surface area contributed by atoms with Gasteiger partial charge in [-0.25, -0.2) is 8.42 Å². The standard InChI is InChI=1S/C11H13N3O3S/c1-7-4-3-5-8(12)10(7)11-13-9(14-17-11)6-18(2,15)16/h3-5H,6,12H2,1-2H3. The molecule has 0 aliphatic carbocycles. The predicted octanol–water partition coefficient (Wildman–Crippen LogP) is 1.17. The van der Waals surface area contributed by atoms with Crippen LogP contribution in [0.25, 0.3) is 11.5 Å². The quantitative estimate of drug-likeness (QED) is 0.838. The number of anilines is 1. The second kappa shape index (κ2) is 4.41. The summed E-state index contributed by atoms with van der Waals surface area (Å²) < 4.78 is 27.3. The van der Waals surface area contributed by atoms with Crippen LogP contribution in [0.1, 0.15) is 11.4 Å². The SMILES string of the molecule is Cc1cccc(N)c1-c1nc(CS(C)(=O)=O)no1. The highest BCUT2D eigenvalue weighted by atomic mass is 32.2. The number of hydrogen-bond acceptors (Lipinski definition) is 6. The number of nitrogen functional groups attached to an aromatic ring is 1. The number of aryl methyl sites for hydroxylation is 1. The van der Waals surface area contributed by atoms with E-state index in [1.54, 1.807) is 6.07 Å². The maximum absolute atomic E-state index is 11.1. The van der Waals surface area contributed by atoms with E-state index in [9.17, 15) is 8.42 Å². The lowest BCUT2D eigenvalue weighted by atomic mass is 10.1. The largest absolute Gasteiger partial charge is 0.398 e. The summed E-state index contributed by atoms with van der Waals surface area (Å²) in [7, 11) is -3.18. The second-order valence-electron chi connectivity index (χ2n) is 4.12. The molecule has 96 valence electrons. The van der Waals surface area contributed by atoms with Gasteiger partial charge in [0, 0.05) is 11.9 Å². The highest BCUT2D eigenvalue weighted by Gasteiger charge is 2.16. The Morgan fingerprint density at radius 2 is 2.11 bits per heavy atom. The first kappa shape index (κ1) is 12.6. The molecule has 0 amide bonds. The summed E-state index contributed by atoms with van der Waals surface area (Å²) in [5.41, 5.74) is 7.90. The molecule has 0 saturated carbocycles. The number of rotatable bonds is 3. The van der Waals surface area contributed by atoms with Gasteiger partial charge in [-0.2, -0.15) is 4.98 Å². The van der Waals surface area contributed by atoms with Crippen LogP contribution in [-0.2, 0) is 15.6 Å². The van der Waals surface area contributed by atoms with Gasteiger partial charge < -0.3 is 10.3 Å². The van der Waals surface area contributed by atoms with E-state index in [-0.39, 0.29) is 17.5 Å². The first-order valence-electron chi connectivity index (χ1n) is 5.22. The zero-order chi connectivity index (χ0) is 13.3. The van der Waals surface area contributed by atoms with E-state index in [2.05, 4.69) is 10.1 Å². The Morgan fingerprint density at radius 3 is 2.72 bits per heavy atom. The van der Waals surface area contributed by atoms with Crippen molar-refractivity contribution >= 4 is 15.5 Å². The van der Waals surface area contributed by atoms with Crippen molar-refractivity contribution in [2.24, 2.45) is 0 Å². The molecule has 18 heavy (non-hydrogen) atoms. The van der Waals surface area contributed by atoms with Crippen LogP contribution in [0.15, 0.2) is 22.7 Å². The van der Waals surface area contributed by atoms with Crippen molar-refractivity contribution in [3.8, 4) is 11.5 Å². The minimum atomic E-state index is -3.18. The van der Waals surface area contributed by atoms with Gasteiger partial charge in [0.1, 0.15) is 5.75 Å². The molecule has 0 atom stereocenters. The van der Waals surface area contributed by atoms with Crippen molar-refractivity contribution in [1.29, 1.82) is 0 Å². The van der Waals surface area contributed by atoms with E-state index in [0.29, 0.717) is 11.3 Å². The van der Waals surface area contributed by atoms with Gasteiger partial charge in [0.25, 0.3) is 5.89 Å². The van der Waals surface area contributed by atoms with Gasteiger partial charge >= 0.3 is 0 Å². The van der Waals surface area contributed by atoms with E-state index in [4.69, 9.17) is 10.3 Å². The predicted molar refractivity (Wildman–Crippen MR) is 67.4 cm³/mol. The maximum Gasteiger partial charge on any atom is 0.260 e. The normalized spacial score (nSPS) is 11.7. The Balaban J connectivity index is 2.42. The van der Waals surface area contributed by atoms with Crippen LogP contribution in [0.3, 0.4) is 0 Å². The number of benzene rings is 1. The summed E-state index contributed by atoms with van der Waals surface area (Å²) in [6, 6.07) is 5.41. The van der Waals surface area contributed by atoms with Crippen LogP contribution in [0.2, 0.25) is 0 Å². The fourth-order valence-electron chi connectivity index (χ4n) is 1.63. The van der Waals surface area contributed by atoms with E-state index < -0.39 is 9.84 Å². The molecule has 0 aliphatic rings. The Bertz CT molecular complexity index is 656. The van der Waals surface area contributed by atoms with Crippen molar-refractivity contribution < 1.29 is 12.9 Å². The lowest BCUT2D eigenvalue weighted by molar-refractivity contribution is 0.424. The van der Waals surface area contributed by atoms with Crippen molar-refractivity contribution in [2.75, 3.05) is 12.0 Å². The molecular weight excluding hydrogens is 254 g/mol. The molecule has 0 spiro atoms. The fraction of sp³-hybridized carbons (Fsp3) is 0.273. The van der Waals surface area contributed by atoms with Crippen molar-refractivity contribution in [3.05, 3.63) is 29.6 Å². The minimum Gasteiger partial charge on any atom is -0.398 e. The molecule has 0 fully saturated rings. The third-order valence-electron chi connectivity index (χ3n) is 2.38. The zero-order valence-corrected chi connectivity index (χ0v) is 10.9. The molecule has 1 heterocycles. The van der Waals surface area contributed by atoms with Gasteiger partial charge in [-0.05, 0) is 18.6 Å². The first-order valence-corrected chi connectivity index (χ1v) is 7.28. The fourth-order valence-corrected chi connectivity index (χ4v) is 2.22. The number of nitrogens with two attached hydrogens (primary N) is 1. The monoisotopic (exact) mass is 267 g/mol. The Hall–Kier alpha value is -1.89. The Morgan fingerprint density at radius 1 is 1.39 bits per heavy atom. The smallest absolute Gasteiger partial charge is 0.260 e. The average Bonchev–Trinajstić information content (AvgIpc) is 2.63. The molecule has 0 unspecified atom stereocenters. The molecule has 0 bridgehead atoms. The summed E-state index contributed by atoms with van der Waals surface area (Å²) in [6.45, 7) is 1.87. The van der Waals surface area contributed by atoms with Crippen LogP contribution in [0, 0.1) is 6.92 Å². The van der Waals surface area contributed by atoms with Crippen LogP contribution in [0.4, 0.5) is 5.69 Å². The topological polar surface area (TPSA) is 99.1 Å². The molecule has 2 N–H and O–H groups in total. The van der Waals surface area contributed by atoms with Crippen LogP contribution in [0.5, 0.6) is 0 Å². The lowest BCUT2D eigenvalue weighted by Crippen LogP contribution is -2.02. The van der Waals surface area contributed by atoms with Crippen LogP contribution < -0.4 is 5.73 Å². The molecule has 2 aromatic rings. The Labute approximate surface area is 105 Å². The molecule has 1 aromatic heterocycles. The minimum absolute atomic E-state index is 0.134. The van der Waals surface area contributed by atoms with Gasteiger partial charge in [-0.1, -0.05) is 17.3 Å². The maximum atomic E-state index is 11.1. The molecular formula is C11H13N3O3S.